The van der Waals surface area contributed by atoms with Crippen molar-refractivity contribution in [1.29, 1.82) is 0 Å². The van der Waals surface area contributed by atoms with Crippen molar-refractivity contribution < 1.29 is 19.6 Å². The molecule has 0 bridgehead atoms. The average Bonchev–Trinajstić information content (AvgIpc) is 2.77. The van der Waals surface area contributed by atoms with Gasteiger partial charge in [0.1, 0.15) is 16.3 Å². The Morgan fingerprint density at radius 3 is 2.79 bits per heavy atom. The summed E-state index contributed by atoms with van der Waals surface area (Å²) in [6, 6.07) is 4.02. The van der Waals surface area contributed by atoms with Gasteiger partial charge in [-0.05, 0) is 6.92 Å². The fourth-order valence-electron chi connectivity index (χ4n) is 1.39. The highest BCUT2D eigenvalue weighted by Crippen LogP contribution is 2.27. The fraction of sp³-hybridized carbons (Fsp3) is 0.0909. The van der Waals surface area contributed by atoms with Crippen LogP contribution in [0.5, 0.6) is 11.6 Å². The lowest BCUT2D eigenvalue weighted by Gasteiger charge is -2.03. The summed E-state index contributed by atoms with van der Waals surface area (Å²) in [5.41, 5.74) is 0.139. The zero-order valence-corrected chi connectivity index (χ0v) is 10.5. The number of aromatic carboxylic acids is 1. The van der Waals surface area contributed by atoms with Gasteiger partial charge in [-0.25, -0.2) is 9.78 Å². The molecule has 0 spiro atoms. The molecule has 2 aromatic heterocycles. The molecule has 0 aliphatic heterocycles. The molecule has 2 heterocycles. The van der Waals surface area contributed by atoms with E-state index in [1.165, 1.54) is 30.5 Å². The number of nitro groups is 1. The van der Waals surface area contributed by atoms with Crippen LogP contribution >= 0.6 is 11.3 Å². The molecule has 8 heteroatoms. The normalized spacial score (nSPS) is 10.2. The van der Waals surface area contributed by atoms with Crippen LogP contribution in [0.4, 0.5) is 5.69 Å². The Morgan fingerprint density at radius 1 is 1.53 bits per heavy atom. The second kappa shape index (κ2) is 5.02. The summed E-state index contributed by atoms with van der Waals surface area (Å²) >= 11 is 1.03. The number of hydrogen-bond donors (Lipinski definition) is 1. The van der Waals surface area contributed by atoms with Gasteiger partial charge in [-0.15, -0.1) is 11.3 Å². The zero-order chi connectivity index (χ0) is 14.0. The maximum Gasteiger partial charge on any atom is 0.346 e. The number of ether oxygens (including phenoxy) is 1. The van der Waals surface area contributed by atoms with Crippen molar-refractivity contribution in [1.82, 2.24) is 4.98 Å². The van der Waals surface area contributed by atoms with E-state index in [-0.39, 0.29) is 22.1 Å². The summed E-state index contributed by atoms with van der Waals surface area (Å²) in [6.07, 6.45) is 0. The molecule has 7 nitrogen and oxygen atoms in total. The average molecular weight is 280 g/mol. The predicted octanol–water partition coefficient (Wildman–Crippen LogP) is 2.85. The smallest absolute Gasteiger partial charge is 0.346 e. The molecule has 0 aromatic carbocycles. The van der Waals surface area contributed by atoms with E-state index in [4.69, 9.17) is 9.84 Å². The van der Waals surface area contributed by atoms with E-state index in [1.807, 2.05) is 0 Å². The monoisotopic (exact) mass is 280 g/mol. The quantitative estimate of drug-likeness (QED) is 0.682. The Bertz CT molecular complexity index is 652. The maximum atomic E-state index is 10.7. The van der Waals surface area contributed by atoms with E-state index in [1.54, 1.807) is 0 Å². The van der Waals surface area contributed by atoms with Gasteiger partial charge in [0.2, 0.25) is 5.88 Å². The lowest BCUT2D eigenvalue weighted by atomic mass is 10.3. The van der Waals surface area contributed by atoms with Crippen molar-refractivity contribution in [3.8, 4) is 11.6 Å². The third-order valence-corrected chi connectivity index (χ3v) is 3.13. The minimum absolute atomic E-state index is 0.0936. The molecule has 1 N–H and O–H groups in total. The molecule has 98 valence electrons. The van der Waals surface area contributed by atoms with E-state index in [2.05, 4.69) is 4.98 Å². The van der Waals surface area contributed by atoms with Crippen LogP contribution in [0.1, 0.15) is 15.4 Å². The van der Waals surface area contributed by atoms with E-state index in [0.717, 1.165) is 11.3 Å². The lowest BCUT2D eigenvalue weighted by molar-refractivity contribution is -0.385. The van der Waals surface area contributed by atoms with Crippen molar-refractivity contribution in [3.05, 3.63) is 44.3 Å². The lowest BCUT2D eigenvalue weighted by Crippen LogP contribution is -1.96. The van der Waals surface area contributed by atoms with Crippen LogP contribution in [-0.4, -0.2) is 21.0 Å². The molecule has 0 saturated carbocycles. The summed E-state index contributed by atoms with van der Waals surface area (Å²) in [6.45, 7) is 1.50. The van der Waals surface area contributed by atoms with Crippen LogP contribution in [0.25, 0.3) is 0 Å². The predicted molar refractivity (Wildman–Crippen MR) is 67.0 cm³/mol. The highest BCUT2D eigenvalue weighted by Gasteiger charge is 2.13. The standard InChI is InChI=1S/C11H8N2O5S/c1-6-8(13(16)17)2-3-10(12-6)18-7-4-9(11(14)15)19-5-7/h2-5H,1H3,(H,14,15). The molecule has 0 amide bonds. The first-order chi connectivity index (χ1) is 8.97. The third kappa shape index (κ3) is 2.86. The number of carboxylic acid groups (broad SMARTS) is 1. The maximum absolute atomic E-state index is 10.7. The summed E-state index contributed by atoms with van der Waals surface area (Å²) in [4.78, 5) is 24.9. The molecule has 0 fully saturated rings. The number of carbonyl (C=O) groups is 1. The molecule has 0 unspecified atom stereocenters. The Labute approximate surface area is 111 Å². The van der Waals surface area contributed by atoms with Gasteiger partial charge in [0.25, 0.3) is 5.69 Å². The Kier molecular flexibility index (Phi) is 3.43. The fourth-order valence-corrected chi connectivity index (χ4v) is 2.03. The molecular formula is C11H8N2O5S. The number of hydrogen-bond acceptors (Lipinski definition) is 6. The summed E-state index contributed by atoms with van der Waals surface area (Å²) in [7, 11) is 0. The number of aromatic nitrogens is 1. The summed E-state index contributed by atoms with van der Waals surface area (Å²) < 4.78 is 5.34. The van der Waals surface area contributed by atoms with E-state index in [9.17, 15) is 14.9 Å². The van der Waals surface area contributed by atoms with Crippen LogP contribution < -0.4 is 4.74 Å². The van der Waals surface area contributed by atoms with E-state index in [0.29, 0.717) is 5.75 Å². The van der Waals surface area contributed by atoms with E-state index < -0.39 is 10.9 Å². The number of rotatable bonds is 4. The van der Waals surface area contributed by atoms with E-state index >= 15 is 0 Å². The topological polar surface area (TPSA) is 103 Å². The largest absolute Gasteiger partial charge is 0.477 e. The molecular weight excluding hydrogens is 272 g/mol. The molecule has 0 aliphatic carbocycles. The Balaban J connectivity index is 2.21. The number of carboxylic acids is 1. The summed E-state index contributed by atoms with van der Waals surface area (Å²) in [5.74, 6) is -0.520. The molecule has 19 heavy (non-hydrogen) atoms. The van der Waals surface area contributed by atoms with Crippen molar-refractivity contribution in [3.63, 3.8) is 0 Å². The Hall–Kier alpha value is -2.48. The number of pyridine rings is 1. The molecule has 0 radical (unpaired) electrons. The molecule has 2 rings (SSSR count). The van der Waals surface area contributed by atoms with Crippen molar-refractivity contribution in [2.45, 2.75) is 6.92 Å². The first-order valence-electron chi connectivity index (χ1n) is 5.09. The van der Waals surface area contributed by atoms with Crippen LogP contribution in [0, 0.1) is 17.0 Å². The first kappa shape index (κ1) is 13.0. The number of nitrogens with zero attached hydrogens (tertiary/aromatic N) is 2. The molecule has 0 saturated heterocycles. The first-order valence-corrected chi connectivity index (χ1v) is 5.97. The van der Waals surface area contributed by atoms with Gasteiger partial charge in [0, 0.05) is 23.6 Å². The third-order valence-electron chi connectivity index (χ3n) is 2.24. The van der Waals surface area contributed by atoms with Crippen molar-refractivity contribution >= 4 is 23.0 Å². The second-order valence-corrected chi connectivity index (χ2v) is 4.48. The zero-order valence-electron chi connectivity index (χ0n) is 9.69. The van der Waals surface area contributed by atoms with Gasteiger partial charge in [0.15, 0.2) is 0 Å². The van der Waals surface area contributed by atoms with Gasteiger partial charge in [-0.1, -0.05) is 0 Å². The molecule has 0 atom stereocenters. The van der Waals surface area contributed by atoms with Crippen LogP contribution in [0.3, 0.4) is 0 Å². The highest BCUT2D eigenvalue weighted by atomic mass is 32.1. The number of thiophene rings is 1. The van der Waals surface area contributed by atoms with Crippen molar-refractivity contribution in [2.75, 3.05) is 0 Å². The van der Waals surface area contributed by atoms with Gasteiger partial charge in [-0.3, -0.25) is 10.1 Å². The minimum atomic E-state index is -1.03. The van der Waals surface area contributed by atoms with Gasteiger partial charge < -0.3 is 9.84 Å². The van der Waals surface area contributed by atoms with Gasteiger partial charge >= 0.3 is 5.97 Å². The van der Waals surface area contributed by atoms with Crippen LogP contribution in [0.15, 0.2) is 23.6 Å². The van der Waals surface area contributed by atoms with Crippen LogP contribution in [-0.2, 0) is 0 Å². The second-order valence-electron chi connectivity index (χ2n) is 3.57. The number of aryl methyl sites for hydroxylation is 1. The van der Waals surface area contributed by atoms with Gasteiger partial charge in [-0.2, -0.15) is 0 Å². The molecule has 0 aliphatic rings. The minimum Gasteiger partial charge on any atom is -0.477 e. The Morgan fingerprint density at radius 2 is 2.26 bits per heavy atom. The van der Waals surface area contributed by atoms with Gasteiger partial charge in [0.05, 0.1) is 4.92 Å². The SMILES string of the molecule is Cc1nc(Oc2csc(C(=O)O)c2)ccc1[N+](=O)[O-]. The van der Waals surface area contributed by atoms with Crippen molar-refractivity contribution in [2.24, 2.45) is 0 Å². The molecule has 2 aromatic rings. The summed E-state index contributed by atoms with van der Waals surface area (Å²) in [5, 5.41) is 20.9. The van der Waals surface area contributed by atoms with Crippen LogP contribution in [0.2, 0.25) is 0 Å². The highest BCUT2D eigenvalue weighted by molar-refractivity contribution is 7.12.